The molecule has 0 aliphatic carbocycles. The lowest BCUT2D eigenvalue weighted by Crippen LogP contribution is -2.35. The maximum atomic E-state index is 11.6. The van der Waals surface area contributed by atoms with Crippen LogP contribution in [0, 0.1) is 0 Å². The highest BCUT2D eigenvalue weighted by molar-refractivity contribution is 5.67. The van der Waals surface area contributed by atoms with Gasteiger partial charge >= 0.3 is 12.2 Å². The molecule has 0 aliphatic rings. The highest BCUT2D eigenvalue weighted by Crippen LogP contribution is 2.06. The van der Waals surface area contributed by atoms with Gasteiger partial charge in [0.1, 0.15) is 12.2 Å². The first-order valence-corrected chi connectivity index (χ1v) is 9.56. The number of alkyl carbamates (subject to hydrolysis) is 2. The first-order chi connectivity index (χ1) is 13.3. The minimum absolute atomic E-state index is 0.216. The second kappa shape index (κ2) is 13.0. The minimum atomic E-state index is -0.576. The summed E-state index contributed by atoms with van der Waals surface area (Å²) in [6.45, 7) is 7.54. The molecule has 2 amide bonds. The van der Waals surface area contributed by atoms with Gasteiger partial charge in [-0.25, -0.2) is 9.59 Å². The van der Waals surface area contributed by atoms with Crippen LogP contribution in [0.2, 0.25) is 0 Å². The third-order valence-electron chi connectivity index (χ3n) is 3.54. The Morgan fingerprint density at radius 1 is 1.04 bits per heavy atom. The van der Waals surface area contributed by atoms with E-state index in [0.29, 0.717) is 32.6 Å². The molecule has 1 aromatic rings. The molecule has 0 aliphatic heterocycles. The van der Waals surface area contributed by atoms with E-state index in [4.69, 9.17) is 9.47 Å². The Morgan fingerprint density at radius 3 is 2.39 bits per heavy atom. The van der Waals surface area contributed by atoms with Gasteiger partial charge in [-0.1, -0.05) is 30.3 Å². The van der Waals surface area contributed by atoms with Gasteiger partial charge in [0.25, 0.3) is 0 Å². The van der Waals surface area contributed by atoms with Crippen molar-refractivity contribution in [3.63, 3.8) is 0 Å². The molecule has 0 bridgehead atoms. The number of nitrogens with one attached hydrogen (secondary N) is 3. The summed E-state index contributed by atoms with van der Waals surface area (Å²) in [7, 11) is 0. The fraction of sp³-hybridized carbons (Fsp3) is 0.600. The van der Waals surface area contributed by atoms with Gasteiger partial charge < -0.3 is 30.5 Å². The molecule has 0 spiro atoms. The number of aliphatic hydroxyl groups excluding tert-OH is 1. The molecule has 0 heterocycles. The summed E-state index contributed by atoms with van der Waals surface area (Å²) < 4.78 is 10.2. The molecular formula is C20H33N3O5. The molecule has 8 nitrogen and oxygen atoms in total. The van der Waals surface area contributed by atoms with E-state index in [-0.39, 0.29) is 6.61 Å². The number of amides is 2. The summed E-state index contributed by atoms with van der Waals surface area (Å²) >= 11 is 0. The van der Waals surface area contributed by atoms with E-state index in [0.717, 1.165) is 12.0 Å². The maximum absolute atomic E-state index is 11.6. The van der Waals surface area contributed by atoms with E-state index in [1.165, 1.54) is 0 Å². The third kappa shape index (κ3) is 12.9. The third-order valence-corrected chi connectivity index (χ3v) is 3.54. The van der Waals surface area contributed by atoms with Gasteiger partial charge in [0.15, 0.2) is 0 Å². The molecule has 4 N–H and O–H groups in total. The van der Waals surface area contributed by atoms with Crippen molar-refractivity contribution in [2.45, 2.75) is 51.9 Å². The van der Waals surface area contributed by atoms with Crippen LogP contribution in [0.4, 0.5) is 9.59 Å². The van der Waals surface area contributed by atoms with Crippen molar-refractivity contribution in [2.75, 3.05) is 26.2 Å². The van der Waals surface area contributed by atoms with Gasteiger partial charge in [0.05, 0.1) is 6.10 Å². The maximum Gasteiger partial charge on any atom is 0.407 e. The highest BCUT2D eigenvalue weighted by Gasteiger charge is 2.15. The second-order valence-electron chi connectivity index (χ2n) is 7.42. The molecule has 0 unspecified atom stereocenters. The van der Waals surface area contributed by atoms with E-state index in [1.54, 1.807) is 0 Å². The molecule has 0 saturated carbocycles. The number of hydrogen-bond acceptors (Lipinski definition) is 6. The second-order valence-corrected chi connectivity index (χ2v) is 7.42. The van der Waals surface area contributed by atoms with Gasteiger partial charge in [0, 0.05) is 19.6 Å². The van der Waals surface area contributed by atoms with Crippen molar-refractivity contribution in [3.8, 4) is 0 Å². The van der Waals surface area contributed by atoms with Gasteiger partial charge in [-0.2, -0.15) is 0 Å². The molecule has 158 valence electrons. The van der Waals surface area contributed by atoms with Crippen LogP contribution in [0.15, 0.2) is 30.3 Å². The van der Waals surface area contributed by atoms with Crippen molar-refractivity contribution >= 4 is 12.2 Å². The Bertz CT molecular complexity index is 575. The lowest BCUT2D eigenvalue weighted by atomic mass is 10.2. The Labute approximate surface area is 167 Å². The number of rotatable bonds is 11. The summed E-state index contributed by atoms with van der Waals surface area (Å²) in [5, 5.41) is 18.3. The number of benzene rings is 1. The Kier molecular flexibility index (Phi) is 11.0. The number of carbonyl (C=O) groups excluding carboxylic acids is 2. The van der Waals surface area contributed by atoms with Crippen LogP contribution in [-0.4, -0.2) is 55.2 Å². The van der Waals surface area contributed by atoms with Crippen molar-refractivity contribution in [1.29, 1.82) is 0 Å². The Hall–Kier alpha value is -2.32. The predicted molar refractivity (Wildman–Crippen MR) is 107 cm³/mol. The average molecular weight is 396 g/mol. The molecule has 1 atom stereocenters. The lowest BCUT2D eigenvalue weighted by molar-refractivity contribution is 0.0527. The molecule has 1 aromatic carbocycles. The fourth-order valence-electron chi connectivity index (χ4n) is 2.20. The monoisotopic (exact) mass is 395 g/mol. The van der Waals surface area contributed by atoms with Crippen LogP contribution < -0.4 is 16.0 Å². The van der Waals surface area contributed by atoms with Gasteiger partial charge in [-0.15, -0.1) is 0 Å². The fourth-order valence-corrected chi connectivity index (χ4v) is 2.20. The highest BCUT2D eigenvalue weighted by atomic mass is 16.6. The van der Waals surface area contributed by atoms with Gasteiger partial charge in [-0.3, -0.25) is 0 Å². The molecule has 0 fully saturated rings. The molecule has 28 heavy (non-hydrogen) atoms. The largest absolute Gasteiger partial charge is 0.445 e. The van der Waals surface area contributed by atoms with Crippen molar-refractivity contribution < 1.29 is 24.2 Å². The van der Waals surface area contributed by atoms with Crippen LogP contribution in [0.25, 0.3) is 0 Å². The number of hydrogen-bond donors (Lipinski definition) is 4. The normalized spacial score (nSPS) is 12.1. The molecule has 1 rings (SSSR count). The van der Waals surface area contributed by atoms with E-state index in [2.05, 4.69) is 16.0 Å². The number of ether oxygens (including phenoxy) is 2. The van der Waals surface area contributed by atoms with Crippen LogP contribution in [-0.2, 0) is 16.1 Å². The Morgan fingerprint density at radius 2 is 1.71 bits per heavy atom. The molecule has 0 radical (unpaired) electrons. The lowest BCUT2D eigenvalue weighted by Gasteiger charge is -2.19. The average Bonchev–Trinajstić information content (AvgIpc) is 2.62. The van der Waals surface area contributed by atoms with E-state index in [1.807, 2.05) is 51.1 Å². The molecule has 0 aromatic heterocycles. The smallest absolute Gasteiger partial charge is 0.407 e. The quantitative estimate of drug-likeness (QED) is 0.428. The number of carbonyl (C=O) groups is 2. The Balaban J connectivity index is 1.97. The zero-order valence-corrected chi connectivity index (χ0v) is 17.0. The topological polar surface area (TPSA) is 109 Å². The van der Waals surface area contributed by atoms with Crippen molar-refractivity contribution in [2.24, 2.45) is 0 Å². The van der Waals surface area contributed by atoms with Crippen LogP contribution in [0.3, 0.4) is 0 Å². The first-order valence-electron chi connectivity index (χ1n) is 9.56. The minimum Gasteiger partial charge on any atom is -0.445 e. The number of aliphatic hydroxyl groups is 1. The van der Waals surface area contributed by atoms with Gasteiger partial charge in [0.2, 0.25) is 0 Å². The van der Waals surface area contributed by atoms with E-state index >= 15 is 0 Å². The molecule has 8 heteroatoms. The molecule has 0 saturated heterocycles. The zero-order chi connectivity index (χ0) is 20.8. The van der Waals surface area contributed by atoms with Crippen molar-refractivity contribution in [3.05, 3.63) is 35.9 Å². The SMILES string of the molecule is CC(C)(C)OC(=O)NCCCNC[C@H](O)CCNC(=O)OCc1ccccc1. The van der Waals surface area contributed by atoms with Crippen LogP contribution in [0.1, 0.15) is 39.2 Å². The summed E-state index contributed by atoms with van der Waals surface area (Å²) in [5.74, 6) is 0. The zero-order valence-electron chi connectivity index (χ0n) is 17.0. The van der Waals surface area contributed by atoms with Crippen LogP contribution in [0.5, 0.6) is 0 Å². The van der Waals surface area contributed by atoms with Crippen LogP contribution >= 0.6 is 0 Å². The summed E-state index contributed by atoms with van der Waals surface area (Å²) in [6.07, 6.45) is -0.372. The van der Waals surface area contributed by atoms with E-state index in [9.17, 15) is 14.7 Å². The summed E-state index contributed by atoms with van der Waals surface area (Å²) in [6, 6.07) is 9.43. The molecular weight excluding hydrogens is 362 g/mol. The van der Waals surface area contributed by atoms with Gasteiger partial charge in [-0.05, 0) is 45.7 Å². The van der Waals surface area contributed by atoms with Crippen molar-refractivity contribution in [1.82, 2.24) is 16.0 Å². The summed E-state index contributed by atoms with van der Waals surface area (Å²) in [5.41, 5.74) is 0.414. The standard InChI is InChI=1S/C20H33N3O5/c1-20(2,3)28-19(26)22-12-7-11-21-14-17(24)10-13-23-18(25)27-15-16-8-5-4-6-9-16/h4-6,8-9,17,21,24H,7,10-15H2,1-3H3,(H,22,26)(H,23,25)/t17-/m1/s1. The first kappa shape index (κ1) is 23.7. The van der Waals surface area contributed by atoms with E-state index < -0.39 is 23.9 Å². The summed E-state index contributed by atoms with van der Waals surface area (Å²) in [4.78, 5) is 23.1. The predicted octanol–water partition coefficient (Wildman–Crippen LogP) is 2.17.